The molecule has 0 aliphatic carbocycles. The van der Waals surface area contributed by atoms with E-state index in [1.807, 2.05) is 0 Å². The predicted molar refractivity (Wildman–Crippen MR) is 93.0 cm³/mol. The van der Waals surface area contributed by atoms with Crippen molar-refractivity contribution in [2.45, 2.75) is 4.90 Å². The Morgan fingerprint density at radius 1 is 0.926 bits per heavy atom. The largest absolute Gasteiger partial charge is 0.604 e. The van der Waals surface area contributed by atoms with Gasteiger partial charge in [-0.3, -0.25) is 20.2 Å². The SMILES string of the molecule is O=C(c1ccc([N+](=O)[O-])cc1)[S+]([O-])c1cc2cc([N+](=O)[O-])ccc2oc1=O. The fourth-order valence-corrected chi connectivity index (χ4v) is 3.24. The zero-order valence-corrected chi connectivity index (χ0v) is 14.0. The summed E-state index contributed by atoms with van der Waals surface area (Å²) in [6, 6.07) is 8.94. The van der Waals surface area contributed by atoms with Crippen LogP contribution < -0.4 is 5.63 Å². The Bertz CT molecular complexity index is 1140. The van der Waals surface area contributed by atoms with Crippen molar-refractivity contribution < 1.29 is 23.6 Å². The van der Waals surface area contributed by atoms with Gasteiger partial charge < -0.3 is 8.97 Å². The van der Waals surface area contributed by atoms with Crippen LogP contribution in [0.5, 0.6) is 0 Å². The minimum absolute atomic E-state index is 0.0362. The summed E-state index contributed by atoms with van der Waals surface area (Å²) in [5.74, 6) is 0. The van der Waals surface area contributed by atoms with E-state index in [0.29, 0.717) is 0 Å². The molecule has 1 unspecified atom stereocenters. The first kappa shape index (κ1) is 18.2. The second kappa shape index (κ2) is 6.97. The van der Waals surface area contributed by atoms with Crippen LogP contribution in [-0.4, -0.2) is 19.5 Å². The molecule has 0 aliphatic rings. The lowest BCUT2D eigenvalue weighted by Crippen LogP contribution is -2.22. The van der Waals surface area contributed by atoms with Gasteiger partial charge >= 0.3 is 10.7 Å². The number of carbonyl (C=O) groups excluding carboxylic acids is 1. The Hall–Kier alpha value is -3.57. The van der Waals surface area contributed by atoms with E-state index in [1.54, 1.807) is 0 Å². The molecule has 0 amide bonds. The van der Waals surface area contributed by atoms with Crippen molar-refractivity contribution in [3.05, 3.63) is 84.7 Å². The lowest BCUT2D eigenvalue weighted by molar-refractivity contribution is -0.385. The van der Waals surface area contributed by atoms with Gasteiger partial charge in [0.25, 0.3) is 11.4 Å². The van der Waals surface area contributed by atoms with E-state index < -0.39 is 36.7 Å². The summed E-state index contributed by atoms with van der Waals surface area (Å²) in [6.45, 7) is 0. The molecule has 136 valence electrons. The summed E-state index contributed by atoms with van der Waals surface area (Å²) in [7, 11) is 0. The van der Waals surface area contributed by atoms with Gasteiger partial charge in [-0.2, -0.15) is 0 Å². The molecular formula is C16H8N2O8S. The highest BCUT2D eigenvalue weighted by molar-refractivity contribution is 8.06. The van der Waals surface area contributed by atoms with Crippen molar-refractivity contribution in [3.63, 3.8) is 0 Å². The van der Waals surface area contributed by atoms with E-state index in [-0.39, 0.29) is 27.9 Å². The van der Waals surface area contributed by atoms with Crippen LogP contribution in [0.4, 0.5) is 11.4 Å². The van der Waals surface area contributed by atoms with E-state index in [4.69, 9.17) is 4.42 Å². The topological polar surface area (TPSA) is 157 Å². The molecule has 0 radical (unpaired) electrons. The van der Waals surface area contributed by atoms with Crippen molar-refractivity contribution in [3.8, 4) is 0 Å². The van der Waals surface area contributed by atoms with Crippen LogP contribution in [0.3, 0.4) is 0 Å². The molecule has 0 saturated carbocycles. The number of nitro benzene ring substituents is 2. The number of rotatable bonds is 4. The summed E-state index contributed by atoms with van der Waals surface area (Å²) in [6.07, 6.45) is 0. The maximum atomic E-state index is 12.5. The molecule has 0 fully saturated rings. The van der Waals surface area contributed by atoms with Gasteiger partial charge in [-0.15, -0.1) is 0 Å². The Morgan fingerprint density at radius 2 is 1.52 bits per heavy atom. The quantitative estimate of drug-likeness (QED) is 0.285. The molecule has 3 rings (SSSR count). The molecular weight excluding hydrogens is 380 g/mol. The van der Waals surface area contributed by atoms with Crippen LogP contribution in [0, 0.1) is 20.2 Å². The molecule has 11 heteroatoms. The summed E-state index contributed by atoms with van der Waals surface area (Å²) in [5.41, 5.74) is -1.61. The number of fused-ring (bicyclic) bond motifs is 1. The molecule has 1 aromatic heterocycles. The second-order valence-electron chi connectivity index (χ2n) is 5.24. The number of benzene rings is 2. The second-order valence-corrected chi connectivity index (χ2v) is 6.59. The van der Waals surface area contributed by atoms with Gasteiger partial charge in [0.05, 0.1) is 26.6 Å². The average Bonchev–Trinajstić information content (AvgIpc) is 2.65. The van der Waals surface area contributed by atoms with E-state index in [9.17, 15) is 34.4 Å². The van der Waals surface area contributed by atoms with Crippen molar-refractivity contribution >= 4 is 38.6 Å². The van der Waals surface area contributed by atoms with Crippen LogP contribution in [-0.2, 0) is 11.2 Å². The minimum atomic E-state index is -2.47. The first-order valence-electron chi connectivity index (χ1n) is 7.21. The van der Waals surface area contributed by atoms with Crippen molar-refractivity contribution in [2.75, 3.05) is 0 Å². The maximum absolute atomic E-state index is 12.5. The number of nitrogens with zero attached hydrogens (tertiary/aromatic N) is 2. The first-order valence-corrected chi connectivity index (χ1v) is 8.36. The normalized spacial score (nSPS) is 11.9. The Morgan fingerprint density at radius 3 is 2.11 bits per heavy atom. The third kappa shape index (κ3) is 3.54. The number of hydrogen-bond acceptors (Lipinski definition) is 8. The smallest absolute Gasteiger partial charge is 0.392 e. The van der Waals surface area contributed by atoms with Crippen LogP contribution in [0.15, 0.2) is 62.6 Å². The zero-order valence-electron chi connectivity index (χ0n) is 13.2. The fourth-order valence-electron chi connectivity index (χ4n) is 2.26. The highest BCUT2D eigenvalue weighted by atomic mass is 32.2. The van der Waals surface area contributed by atoms with Gasteiger partial charge in [0.2, 0.25) is 4.90 Å². The summed E-state index contributed by atoms with van der Waals surface area (Å²) < 4.78 is 17.5. The fraction of sp³-hybridized carbons (Fsp3) is 0. The molecule has 1 heterocycles. The highest BCUT2D eigenvalue weighted by Gasteiger charge is 2.29. The van der Waals surface area contributed by atoms with E-state index >= 15 is 0 Å². The molecule has 3 aromatic rings. The third-order valence-electron chi connectivity index (χ3n) is 3.58. The minimum Gasteiger partial charge on any atom is -0.604 e. The number of non-ortho nitro benzene ring substituents is 2. The predicted octanol–water partition coefficient (Wildman–Crippen LogP) is 2.56. The number of nitro groups is 2. The number of hydrogen-bond donors (Lipinski definition) is 0. The summed E-state index contributed by atoms with van der Waals surface area (Å²) in [4.78, 5) is 44.1. The van der Waals surface area contributed by atoms with Crippen LogP contribution in [0.1, 0.15) is 10.4 Å². The van der Waals surface area contributed by atoms with E-state index in [1.165, 1.54) is 6.07 Å². The molecule has 0 spiro atoms. The molecule has 27 heavy (non-hydrogen) atoms. The van der Waals surface area contributed by atoms with Gasteiger partial charge in [-0.1, -0.05) is 0 Å². The van der Waals surface area contributed by atoms with Gasteiger partial charge in [0.1, 0.15) is 5.58 Å². The third-order valence-corrected chi connectivity index (χ3v) is 4.83. The van der Waals surface area contributed by atoms with E-state index in [0.717, 1.165) is 42.5 Å². The first-order chi connectivity index (χ1) is 12.8. The molecule has 0 aliphatic heterocycles. The molecule has 0 bridgehead atoms. The van der Waals surface area contributed by atoms with Crippen molar-refractivity contribution in [1.29, 1.82) is 0 Å². The number of carbonyl (C=O) groups is 1. The van der Waals surface area contributed by atoms with Crippen molar-refractivity contribution in [2.24, 2.45) is 0 Å². The molecule has 1 atom stereocenters. The van der Waals surface area contributed by atoms with Crippen LogP contribution >= 0.6 is 0 Å². The maximum Gasteiger partial charge on any atom is 0.392 e. The molecule has 2 aromatic carbocycles. The lowest BCUT2D eigenvalue weighted by Gasteiger charge is -2.07. The molecule has 0 saturated heterocycles. The standard InChI is InChI=1S/C16H8N2O8S/c19-15-14(8-10-7-12(18(23)24)5-6-13(10)26-15)27(25)16(20)9-1-3-11(4-2-9)17(21)22/h1-8H. The van der Waals surface area contributed by atoms with Gasteiger partial charge in [0.15, 0.2) is 0 Å². The molecule has 0 N–H and O–H groups in total. The van der Waals surface area contributed by atoms with Crippen LogP contribution in [0.2, 0.25) is 0 Å². The summed E-state index contributed by atoms with van der Waals surface area (Å²) >= 11 is -2.47. The van der Waals surface area contributed by atoms with Gasteiger partial charge in [-0.25, -0.2) is 9.59 Å². The summed E-state index contributed by atoms with van der Waals surface area (Å²) in [5, 5.41) is 20.7. The Kier molecular flexibility index (Phi) is 4.71. The average molecular weight is 388 g/mol. The van der Waals surface area contributed by atoms with Crippen LogP contribution in [0.25, 0.3) is 11.0 Å². The zero-order chi connectivity index (χ0) is 19.7. The van der Waals surface area contributed by atoms with Crippen molar-refractivity contribution in [1.82, 2.24) is 0 Å². The van der Waals surface area contributed by atoms with Gasteiger partial charge in [-0.05, 0) is 18.2 Å². The highest BCUT2D eigenvalue weighted by Crippen LogP contribution is 2.23. The molecule has 10 nitrogen and oxygen atoms in total. The lowest BCUT2D eigenvalue weighted by atomic mass is 10.2. The monoisotopic (exact) mass is 388 g/mol. The Labute approximate surface area is 152 Å². The van der Waals surface area contributed by atoms with Gasteiger partial charge in [0, 0.05) is 35.7 Å². The van der Waals surface area contributed by atoms with E-state index in [2.05, 4.69) is 0 Å². The Balaban J connectivity index is 2.00.